The number of nitrogens with zero attached hydrogens (tertiary/aromatic N) is 4. The molecule has 5 heteroatoms. The van der Waals surface area contributed by atoms with E-state index in [-0.39, 0.29) is 0 Å². The third kappa shape index (κ3) is 2.42. The molecule has 1 saturated carbocycles. The van der Waals surface area contributed by atoms with Crippen LogP contribution in [0, 0.1) is 6.92 Å². The molecule has 0 bridgehead atoms. The highest BCUT2D eigenvalue weighted by Gasteiger charge is 2.42. The molecular formula is C16H13BrN4. The highest BCUT2D eigenvalue weighted by molar-refractivity contribution is 9.10. The average molecular weight is 341 g/mol. The lowest BCUT2D eigenvalue weighted by atomic mass is 10.2. The summed E-state index contributed by atoms with van der Waals surface area (Å²) in [7, 11) is 0. The van der Waals surface area contributed by atoms with E-state index in [9.17, 15) is 0 Å². The van der Waals surface area contributed by atoms with Crippen molar-refractivity contribution >= 4 is 27.0 Å². The van der Waals surface area contributed by atoms with Crippen LogP contribution in [0.5, 0.6) is 0 Å². The maximum Gasteiger partial charge on any atom is 0.132 e. The molecule has 0 unspecified atom stereocenters. The van der Waals surface area contributed by atoms with Crippen molar-refractivity contribution in [3.63, 3.8) is 0 Å². The summed E-state index contributed by atoms with van der Waals surface area (Å²) in [4.78, 5) is 18.0. The van der Waals surface area contributed by atoms with Crippen molar-refractivity contribution in [2.45, 2.75) is 25.2 Å². The fraction of sp³-hybridized carbons (Fsp3) is 0.250. The molecule has 3 heterocycles. The highest BCUT2D eigenvalue weighted by Crippen LogP contribution is 2.53. The van der Waals surface area contributed by atoms with Crippen molar-refractivity contribution in [1.29, 1.82) is 0 Å². The van der Waals surface area contributed by atoms with E-state index in [0.29, 0.717) is 11.8 Å². The van der Waals surface area contributed by atoms with Gasteiger partial charge in [-0.25, -0.2) is 9.97 Å². The lowest BCUT2D eigenvalue weighted by Gasteiger charge is -2.03. The van der Waals surface area contributed by atoms with Gasteiger partial charge in [-0.1, -0.05) is 0 Å². The second kappa shape index (κ2) is 4.84. The van der Waals surface area contributed by atoms with Gasteiger partial charge in [0.15, 0.2) is 0 Å². The van der Waals surface area contributed by atoms with Crippen LogP contribution in [0.15, 0.2) is 41.1 Å². The Balaban J connectivity index is 1.66. The van der Waals surface area contributed by atoms with E-state index < -0.39 is 0 Å². The summed E-state index contributed by atoms with van der Waals surface area (Å²) < 4.78 is 0.953. The van der Waals surface area contributed by atoms with E-state index in [1.165, 1.54) is 0 Å². The molecule has 0 aromatic carbocycles. The smallest absolute Gasteiger partial charge is 0.132 e. The Morgan fingerprint density at radius 2 is 1.95 bits per heavy atom. The van der Waals surface area contributed by atoms with Crippen LogP contribution < -0.4 is 0 Å². The van der Waals surface area contributed by atoms with Gasteiger partial charge in [0.2, 0.25) is 0 Å². The molecule has 1 aliphatic carbocycles. The predicted octanol–water partition coefficient (Wildman–Crippen LogP) is 3.76. The Morgan fingerprint density at radius 3 is 2.81 bits per heavy atom. The van der Waals surface area contributed by atoms with Crippen molar-refractivity contribution in [2.24, 2.45) is 0 Å². The lowest BCUT2D eigenvalue weighted by molar-refractivity contribution is 0.867. The first-order chi connectivity index (χ1) is 10.2. The Bertz CT molecular complexity index is 833. The van der Waals surface area contributed by atoms with E-state index in [1.807, 2.05) is 31.3 Å². The molecule has 0 radical (unpaired) electrons. The fourth-order valence-electron chi connectivity index (χ4n) is 2.66. The zero-order valence-corrected chi connectivity index (χ0v) is 13.1. The van der Waals surface area contributed by atoms with Gasteiger partial charge >= 0.3 is 0 Å². The Labute approximate surface area is 130 Å². The Morgan fingerprint density at radius 1 is 1.05 bits per heavy atom. The number of rotatable bonds is 2. The molecule has 2 atom stereocenters. The molecule has 21 heavy (non-hydrogen) atoms. The normalized spacial score (nSPS) is 20.7. The van der Waals surface area contributed by atoms with Gasteiger partial charge in [-0.3, -0.25) is 9.97 Å². The van der Waals surface area contributed by atoms with Crippen LogP contribution in [0.3, 0.4) is 0 Å². The fourth-order valence-corrected chi connectivity index (χ4v) is 2.98. The molecule has 0 spiro atoms. The van der Waals surface area contributed by atoms with Gasteiger partial charge in [-0.05, 0) is 53.5 Å². The van der Waals surface area contributed by atoms with Crippen molar-refractivity contribution in [1.82, 2.24) is 19.9 Å². The molecule has 3 aromatic rings. The Hall–Kier alpha value is -1.88. The van der Waals surface area contributed by atoms with Crippen molar-refractivity contribution in [3.05, 3.63) is 58.3 Å². The summed E-state index contributed by atoms with van der Waals surface area (Å²) in [5.74, 6) is 1.76. The first-order valence-electron chi connectivity index (χ1n) is 6.92. The molecule has 0 saturated heterocycles. The zero-order valence-electron chi connectivity index (χ0n) is 11.5. The van der Waals surface area contributed by atoms with Crippen LogP contribution in [0.2, 0.25) is 0 Å². The van der Waals surface area contributed by atoms with Gasteiger partial charge < -0.3 is 0 Å². The first-order valence-corrected chi connectivity index (χ1v) is 7.72. The number of hydrogen-bond donors (Lipinski definition) is 0. The monoisotopic (exact) mass is 340 g/mol. The van der Waals surface area contributed by atoms with Crippen LogP contribution in [-0.2, 0) is 0 Å². The molecule has 4 rings (SSSR count). The summed E-state index contributed by atoms with van der Waals surface area (Å²) in [6.07, 6.45) is 4.70. The van der Waals surface area contributed by atoms with Crippen molar-refractivity contribution in [3.8, 4) is 0 Å². The number of halogens is 1. The van der Waals surface area contributed by atoms with E-state index in [2.05, 4.69) is 36.9 Å². The summed E-state index contributed by atoms with van der Waals surface area (Å²) in [5, 5.41) is 0. The van der Waals surface area contributed by atoms with E-state index in [1.54, 1.807) is 6.20 Å². The van der Waals surface area contributed by atoms with E-state index in [4.69, 9.17) is 4.98 Å². The maximum atomic E-state index is 4.75. The van der Waals surface area contributed by atoms with Crippen LogP contribution in [0.1, 0.15) is 35.5 Å². The minimum Gasteiger partial charge on any atom is -0.253 e. The number of fused-ring (bicyclic) bond motifs is 1. The predicted molar refractivity (Wildman–Crippen MR) is 84.1 cm³/mol. The summed E-state index contributed by atoms with van der Waals surface area (Å²) in [5.41, 5.74) is 3.98. The highest BCUT2D eigenvalue weighted by atomic mass is 79.9. The second-order valence-electron chi connectivity index (χ2n) is 5.43. The third-order valence-electron chi connectivity index (χ3n) is 3.84. The van der Waals surface area contributed by atoms with Gasteiger partial charge in [0, 0.05) is 40.1 Å². The molecule has 4 nitrogen and oxygen atoms in total. The maximum absolute atomic E-state index is 4.75. The van der Waals surface area contributed by atoms with Gasteiger partial charge in [-0.15, -0.1) is 0 Å². The zero-order chi connectivity index (χ0) is 14.4. The van der Waals surface area contributed by atoms with Crippen molar-refractivity contribution in [2.75, 3.05) is 0 Å². The molecule has 104 valence electrons. The van der Waals surface area contributed by atoms with Gasteiger partial charge in [-0.2, -0.15) is 0 Å². The summed E-state index contributed by atoms with van der Waals surface area (Å²) in [6, 6.07) is 8.05. The minimum absolute atomic E-state index is 0.398. The third-order valence-corrected chi connectivity index (χ3v) is 4.27. The van der Waals surface area contributed by atoms with E-state index >= 15 is 0 Å². The first kappa shape index (κ1) is 12.8. The van der Waals surface area contributed by atoms with Gasteiger partial charge in [0.25, 0.3) is 0 Å². The minimum atomic E-state index is 0.398. The molecule has 0 amide bonds. The molecule has 1 aliphatic rings. The molecule has 0 aliphatic heterocycles. The largest absolute Gasteiger partial charge is 0.253 e. The van der Waals surface area contributed by atoms with Crippen LogP contribution in [0.4, 0.5) is 0 Å². The molecule has 3 aromatic heterocycles. The summed E-state index contributed by atoms with van der Waals surface area (Å²) in [6.45, 7) is 2.00. The number of pyridine rings is 2. The number of aromatic nitrogens is 4. The van der Waals surface area contributed by atoms with Gasteiger partial charge in [0.05, 0.1) is 11.0 Å². The molecule has 0 N–H and O–H groups in total. The van der Waals surface area contributed by atoms with Crippen LogP contribution >= 0.6 is 15.9 Å². The standard InChI is InChI=1S/C16H13BrN4/c1-9-4-5-18-16(20-9)12-7-11(12)13-2-3-14-15(21-13)6-10(17)8-19-14/h2-6,8,11-12H,7H2,1H3/t11-,12-/m0/s1. The Kier molecular flexibility index (Phi) is 2.96. The van der Waals surface area contributed by atoms with Crippen LogP contribution in [0.25, 0.3) is 11.0 Å². The average Bonchev–Trinajstić information content (AvgIpc) is 3.27. The lowest BCUT2D eigenvalue weighted by Crippen LogP contribution is -1.96. The van der Waals surface area contributed by atoms with Gasteiger partial charge in [0.1, 0.15) is 5.82 Å². The second-order valence-corrected chi connectivity index (χ2v) is 6.35. The molecule has 1 fully saturated rings. The van der Waals surface area contributed by atoms with Crippen molar-refractivity contribution < 1.29 is 0 Å². The SMILES string of the molecule is Cc1ccnc([C@H]2C[C@@H]2c2ccc3ncc(Br)cc3n2)n1. The number of hydrogen-bond acceptors (Lipinski definition) is 4. The molecular weight excluding hydrogens is 328 g/mol. The number of aryl methyl sites for hydroxylation is 1. The topological polar surface area (TPSA) is 51.6 Å². The van der Waals surface area contributed by atoms with E-state index in [0.717, 1.165) is 39.1 Å². The van der Waals surface area contributed by atoms with Crippen LogP contribution in [-0.4, -0.2) is 19.9 Å². The summed E-state index contributed by atoms with van der Waals surface area (Å²) >= 11 is 3.44. The quantitative estimate of drug-likeness (QED) is 0.712.